The van der Waals surface area contributed by atoms with E-state index < -0.39 is 0 Å². The van der Waals surface area contributed by atoms with Crippen LogP contribution in [0.4, 0.5) is 16.2 Å². The number of hydrogen-bond donors (Lipinski definition) is 2. The lowest BCUT2D eigenvalue weighted by atomic mass is 9.95. The van der Waals surface area contributed by atoms with Crippen LogP contribution >= 0.6 is 0 Å². The number of benzene rings is 1. The van der Waals surface area contributed by atoms with Crippen molar-refractivity contribution in [2.75, 3.05) is 42.5 Å². The molecule has 0 radical (unpaired) electrons. The third kappa shape index (κ3) is 4.20. The number of hydrogen-bond acceptors (Lipinski definition) is 6. The van der Waals surface area contributed by atoms with Gasteiger partial charge in [0, 0.05) is 37.5 Å². The van der Waals surface area contributed by atoms with E-state index in [0.717, 1.165) is 69.7 Å². The molecule has 3 heterocycles. The van der Waals surface area contributed by atoms with Crippen molar-refractivity contribution in [1.82, 2.24) is 15.8 Å². The van der Waals surface area contributed by atoms with Crippen molar-refractivity contribution < 1.29 is 14.3 Å². The van der Waals surface area contributed by atoms with Crippen LogP contribution in [0.15, 0.2) is 18.2 Å². The quantitative estimate of drug-likeness (QED) is 0.709. The Morgan fingerprint density at radius 1 is 1.00 bits per heavy atom. The van der Waals surface area contributed by atoms with Gasteiger partial charge in [0.1, 0.15) is 6.10 Å². The molecule has 2 N–H and O–H groups in total. The zero-order valence-corrected chi connectivity index (χ0v) is 20.2. The maximum atomic E-state index is 13.2. The van der Waals surface area contributed by atoms with Crippen LogP contribution in [0.3, 0.4) is 0 Å². The zero-order chi connectivity index (χ0) is 23.2. The number of nitrogens with zero attached hydrogens (tertiary/aromatic N) is 3. The number of amides is 2. The molecule has 2 saturated carbocycles. The molecule has 34 heavy (non-hydrogen) atoms. The fourth-order valence-corrected chi connectivity index (χ4v) is 5.84. The summed E-state index contributed by atoms with van der Waals surface area (Å²) in [5.41, 5.74) is 6.52. The van der Waals surface area contributed by atoms with Gasteiger partial charge in [0.2, 0.25) is 5.91 Å². The van der Waals surface area contributed by atoms with E-state index in [0.29, 0.717) is 18.5 Å². The molecule has 6 rings (SSSR count). The summed E-state index contributed by atoms with van der Waals surface area (Å²) in [6, 6.07) is 6.89. The Kier molecular flexibility index (Phi) is 5.99. The summed E-state index contributed by atoms with van der Waals surface area (Å²) < 4.78 is 5.81. The summed E-state index contributed by atoms with van der Waals surface area (Å²) >= 11 is 0. The normalized spacial score (nSPS) is 28.5. The van der Waals surface area contributed by atoms with Gasteiger partial charge in [0.25, 0.3) is 0 Å². The highest BCUT2D eigenvalue weighted by Crippen LogP contribution is 2.42. The number of carbonyl (C=O) groups excluding carboxylic acids is 2. The number of anilines is 2. The molecule has 4 fully saturated rings. The number of hydrazine groups is 1. The van der Waals surface area contributed by atoms with Gasteiger partial charge in [0.05, 0.1) is 17.4 Å². The molecule has 1 aromatic rings. The maximum absolute atomic E-state index is 13.2. The smallest absolute Gasteiger partial charge is 0.414 e. The van der Waals surface area contributed by atoms with Crippen molar-refractivity contribution in [3.05, 3.63) is 23.8 Å². The predicted molar refractivity (Wildman–Crippen MR) is 131 cm³/mol. The highest BCUT2D eigenvalue weighted by atomic mass is 16.6. The van der Waals surface area contributed by atoms with Gasteiger partial charge < -0.3 is 15.0 Å². The standard InChI is InChI=1S/C26H37N5O3/c1-17-15-29(26(33)34-22-3-2-4-22)24-13-19(7-8-23(24)31(17)25(32)18-5-6-18)20-14-28-30(16-20)21-9-11-27-12-10-21/h7-8,13,17-18,20-22,27-28H,2-6,9-12,14-16H2,1H3/t17-,20?/m0/s1. The number of nitrogens with one attached hydrogen (secondary N) is 2. The van der Waals surface area contributed by atoms with E-state index in [4.69, 9.17) is 4.74 Å². The Labute approximate surface area is 201 Å². The van der Waals surface area contributed by atoms with Gasteiger partial charge in [-0.3, -0.25) is 15.1 Å². The van der Waals surface area contributed by atoms with Crippen LogP contribution in [0.5, 0.6) is 0 Å². The molecule has 1 unspecified atom stereocenters. The number of ether oxygens (including phenoxy) is 1. The summed E-state index contributed by atoms with van der Waals surface area (Å²) in [6.07, 6.45) is 7.09. The minimum Gasteiger partial charge on any atom is -0.446 e. The third-order valence-electron chi connectivity index (χ3n) is 8.32. The fraction of sp³-hybridized carbons (Fsp3) is 0.692. The molecule has 5 aliphatic rings. The average molecular weight is 468 g/mol. The number of piperidine rings is 1. The van der Waals surface area contributed by atoms with E-state index in [-0.39, 0.29) is 30.1 Å². The Morgan fingerprint density at radius 3 is 2.50 bits per heavy atom. The van der Waals surface area contributed by atoms with Crippen LogP contribution in [0, 0.1) is 5.92 Å². The topological polar surface area (TPSA) is 77.2 Å². The second-order valence-corrected chi connectivity index (χ2v) is 10.8. The van der Waals surface area contributed by atoms with E-state index in [2.05, 4.69) is 34.0 Å². The Morgan fingerprint density at radius 2 is 1.79 bits per heavy atom. The molecule has 8 heteroatoms. The van der Waals surface area contributed by atoms with Gasteiger partial charge in [-0.2, -0.15) is 0 Å². The Hall–Kier alpha value is -2.16. The summed E-state index contributed by atoms with van der Waals surface area (Å²) in [5.74, 6) is 0.700. The van der Waals surface area contributed by atoms with Crippen LogP contribution in [0.2, 0.25) is 0 Å². The molecule has 2 aliphatic carbocycles. The van der Waals surface area contributed by atoms with Crippen LogP contribution in [0.25, 0.3) is 0 Å². The van der Waals surface area contributed by atoms with Gasteiger partial charge >= 0.3 is 6.09 Å². The first-order valence-electron chi connectivity index (χ1n) is 13.2. The highest BCUT2D eigenvalue weighted by molar-refractivity contribution is 6.04. The summed E-state index contributed by atoms with van der Waals surface area (Å²) in [6.45, 7) is 6.54. The van der Waals surface area contributed by atoms with Crippen LogP contribution in [-0.4, -0.2) is 67.9 Å². The van der Waals surface area contributed by atoms with E-state index >= 15 is 0 Å². The summed E-state index contributed by atoms with van der Waals surface area (Å²) in [4.78, 5) is 30.1. The number of rotatable bonds is 4. The van der Waals surface area contributed by atoms with Gasteiger partial charge in [-0.25, -0.2) is 9.80 Å². The van der Waals surface area contributed by atoms with Crippen LogP contribution in [0.1, 0.15) is 63.4 Å². The van der Waals surface area contributed by atoms with E-state index in [9.17, 15) is 9.59 Å². The number of fused-ring (bicyclic) bond motifs is 1. The third-order valence-corrected chi connectivity index (χ3v) is 8.32. The number of carbonyl (C=O) groups is 2. The van der Waals surface area contributed by atoms with Gasteiger partial charge in [-0.15, -0.1) is 0 Å². The monoisotopic (exact) mass is 467 g/mol. The first-order valence-corrected chi connectivity index (χ1v) is 13.2. The first kappa shape index (κ1) is 22.3. The second-order valence-electron chi connectivity index (χ2n) is 10.8. The van der Waals surface area contributed by atoms with Gasteiger partial charge in [-0.05, 0) is 82.7 Å². The molecule has 0 spiro atoms. The van der Waals surface area contributed by atoms with Crippen molar-refractivity contribution in [3.63, 3.8) is 0 Å². The lowest BCUT2D eigenvalue weighted by molar-refractivity contribution is -0.120. The molecule has 1 aromatic carbocycles. The zero-order valence-electron chi connectivity index (χ0n) is 20.2. The van der Waals surface area contributed by atoms with E-state index in [1.807, 2.05) is 11.8 Å². The molecule has 3 aliphatic heterocycles. The molecule has 8 nitrogen and oxygen atoms in total. The summed E-state index contributed by atoms with van der Waals surface area (Å²) in [5, 5.41) is 5.86. The lowest BCUT2D eigenvalue weighted by Gasteiger charge is -2.42. The Balaban J connectivity index is 1.27. The minimum atomic E-state index is -0.269. The molecule has 0 bridgehead atoms. The van der Waals surface area contributed by atoms with Crippen molar-refractivity contribution in [2.45, 2.75) is 76.0 Å². The van der Waals surface area contributed by atoms with E-state index in [1.165, 1.54) is 18.4 Å². The molecule has 2 amide bonds. The van der Waals surface area contributed by atoms with Crippen LogP contribution < -0.4 is 20.5 Å². The molecule has 2 atom stereocenters. The largest absolute Gasteiger partial charge is 0.446 e. The SMILES string of the molecule is C[C@H]1CN(C(=O)OC2CCC2)c2cc(C3CNN(C4CCNCC4)C3)ccc2N1C(=O)C1CC1. The van der Waals surface area contributed by atoms with Crippen molar-refractivity contribution in [2.24, 2.45) is 5.92 Å². The van der Waals surface area contributed by atoms with Crippen LogP contribution in [-0.2, 0) is 9.53 Å². The van der Waals surface area contributed by atoms with Gasteiger partial charge in [0.15, 0.2) is 0 Å². The minimum absolute atomic E-state index is 0.0399. The predicted octanol–water partition coefficient (Wildman–Crippen LogP) is 2.98. The molecule has 2 saturated heterocycles. The lowest BCUT2D eigenvalue weighted by Crippen LogP contribution is -2.53. The van der Waals surface area contributed by atoms with Crippen molar-refractivity contribution >= 4 is 23.4 Å². The van der Waals surface area contributed by atoms with Crippen molar-refractivity contribution in [3.8, 4) is 0 Å². The maximum Gasteiger partial charge on any atom is 0.414 e. The Bertz CT molecular complexity index is 940. The second kappa shape index (κ2) is 9.13. The fourth-order valence-electron chi connectivity index (χ4n) is 5.84. The molecular weight excluding hydrogens is 430 g/mol. The molecule has 184 valence electrons. The van der Waals surface area contributed by atoms with Gasteiger partial charge in [-0.1, -0.05) is 6.07 Å². The average Bonchev–Trinajstić information content (AvgIpc) is 3.57. The van der Waals surface area contributed by atoms with Crippen molar-refractivity contribution in [1.29, 1.82) is 0 Å². The molecular formula is C26H37N5O3. The first-order chi connectivity index (χ1) is 16.6. The summed E-state index contributed by atoms with van der Waals surface area (Å²) in [7, 11) is 0. The highest BCUT2D eigenvalue weighted by Gasteiger charge is 2.42. The molecule has 0 aromatic heterocycles. The van der Waals surface area contributed by atoms with E-state index in [1.54, 1.807) is 4.90 Å².